The molecule has 0 bridgehead atoms. The number of anilines is 1. The Kier molecular flexibility index (Phi) is 2.69. The van der Waals surface area contributed by atoms with Gasteiger partial charge in [0, 0.05) is 5.56 Å². The molecule has 0 unspecified atom stereocenters. The van der Waals surface area contributed by atoms with Crippen LogP contribution in [0.25, 0.3) is 11.1 Å². The number of benzene rings is 1. The average Bonchev–Trinajstić information content (AvgIpc) is 2.70. The highest BCUT2D eigenvalue weighted by molar-refractivity contribution is 7.08. The first kappa shape index (κ1) is 9.73. The Morgan fingerprint density at radius 2 is 2.07 bits per heavy atom. The topological polar surface area (TPSA) is 49.3 Å². The van der Waals surface area contributed by atoms with Gasteiger partial charge in [-0.3, -0.25) is 5.32 Å². The quantitative estimate of drug-likeness (QED) is 0.812. The number of rotatable bonds is 2. The molecule has 0 aliphatic rings. The van der Waals surface area contributed by atoms with Crippen LogP contribution in [-0.2, 0) is 0 Å². The molecule has 15 heavy (non-hydrogen) atoms. The molecule has 0 saturated heterocycles. The summed E-state index contributed by atoms with van der Waals surface area (Å²) in [5, 5.41) is 15.0. The predicted molar refractivity (Wildman–Crippen MR) is 61.4 cm³/mol. The van der Waals surface area contributed by atoms with E-state index in [9.17, 15) is 4.79 Å². The van der Waals surface area contributed by atoms with Gasteiger partial charge in [-0.05, 0) is 28.5 Å². The second-order valence-electron chi connectivity index (χ2n) is 2.99. The minimum absolute atomic E-state index is 0.614. The fourth-order valence-corrected chi connectivity index (χ4v) is 2.03. The molecule has 2 aromatic rings. The summed E-state index contributed by atoms with van der Waals surface area (Å²) in [6.45, 7) is 0. The third kappa shape index (κ3) is 2.16. The van der Waals surface area contributed by atoms with Crippen LogP contribution in [0, 0.1) is 0 Å². The molecule has 76 valence electrons. The van der Waals surface area contributed by atoms with E-state index in [0.29, 0.717) is 5.69 Å². The van der Waals surface area contributed by atoms with Gasteiger partial charge in [-0.1, -0.05) is 18.2 Å². The van der Waals surface area contributed by atoms with Crippen LogP contribution < -0.4 is 5.32 Å². The van der Waals surface area contributed by atoms with E-state index in [1.807, 2.05) is 29.0 Å². The van der Waals surface area contributed by atoms with Crippen molar-refractivity contribution in [2.75, 3.05) is 5.32 Å². The number of amides is 1. The first-order valence-electron chi connectivity index (χ1n) is 4.39. The van der Waals surface area contributed by atoms with Crippen LogP contribution >= 0.6 is 11.3 Å². The van der Waals surface area contributed by atoms with Gasteiger partial charge >= 0.3 is 6.09 Å². The summed E-state index contributed by atoms with van der Waals surface area (Å²) in [5.41, 5.74) is 2.55. The summed E-state index contributed by atoms with van der Waals surface area (Å²) in [4.78, 5) is 10.6. The number of para-hydroxylation sites is 1. The molecule has 2 N–H and O–H groups in total. The molecule has 2 rings (SSSR count). The summed E-state index contributed by atoms with van der Waals surface area (Å²) in [6.07, 6.45) is -1.04. The zero-order valence-electron chi connectivity index (χ0n) is 7.81. The summed E-state index contributed by atoms with van der Waals surface area (Å²) in [6, 6.07) is 9.31. The highest BCUT2D eigenvalue weighted by Gasteiger charge is 2.06. The molecule has 0 spiro atoms. The number of thiophene rings is 1. The van der Waals surface area contributed by atoms with Crippen molar-refractivity contribution in [3.05, 3.63) is 41.1 Å². The Labute approximate surface area is 91.0 Å². The molecule has 1 amide bonds. The van der Waals surface area contributed by atoms with E-state index in [2.05, 4.69) is 5.32 Å². The number of hydrogen-bond acceptors (Lipinski definition) is 2. The zero-order chi connectivity index (χ0) is 10.7. The van der Waals surface area contributed by atoms with Crippen molar-refractivity contribution >= 4 is 23.1 Å². The Hall–Kier alpha value is -1.81. The Bertz CT molecular complexity index is 465. The van der Waals surface area contributed by atoms with Crippen LogP contribution in [0.1, 0.15) is 0 Å². The van der Waals surface area contributed by atoms with Gasteiger partial charge in [0.1, 0.15) is 0 Å². The molecule has 0 saturated carbocycles. The maximum absolute atomic E-state index is 10.6. The van der Waals surface area contributed by atoms with Gasteiger partial charge in [0.2, 0.25) is 0 Å². The first-order valence-corrected chi connectivity index (χ1v) is 5.33. The Morgan fingerprint density at radius 1 is 1.27 bits per heavy atom. The SMILES string of the molecule is O=C(O)Nc1ccccc1-c1ccsc1. The van der Waals surface area contributed by atoms with Gasteiger partial charge in [0.15, 0.2) is 0 Å². The summed E-state index contributed by atoms with van der Waals surface area (Å²) in [5.74, 6) is 0. The van der Waals surface area contributed by atoms with Gasteiger partial charge in [-0.2, -0.15) is 11.3 Å². The highest BCUT2D eigenvalue weighted by Crippen LogP contribution is 2.29. The second-order valence-corrected chi connectivity index (χ2v) is 3.77. The van der Waals surface area contributed by atoms with Crippen LogP contribution in [0.4, 0.5) is 10.5 Å². The van der Waals surface area contributed by atoms with Gasteiger partial charge in [-0.15, -0.1) is 0 Å². The molecule has 1 aromatic carbocycles. The van der Waals surface area contributed by atoms with Gasteiger partial charge < -0.3 is 5.11 Å². The van der Waals surface area contributed by atoms with Gasteiger partial charge in [0.25, 0.3) is 0 Å². The maximum Gasteiger partial charge on any atom is 0.409 e. The van der Waals surface area contributed by atoms with Crippen LogP contribution in [-0.4, -0.2) is 11.2 Å². The molecule has 1 heterocycles. The molecule has 0 fully saturated rings. The van der Waals surface area contributed by atoms with E-state index in [1.54, 1.807) is 23.5 Å². The molecule has 1 aromatic heterocycles. The van der Waals surface area contributed by atoms with Crippen LogP contribution in [0.5, 0.6) is 0 Å². The van der Waals surface area contributed by atoms with E-state index in [4.69, 9.17) is 5.11 Å². The molecule has 0 radical (unpaired) electrons. The number of carboxylic acid groups (broad SMARTS) is 1. The molecule has 4 heteroatoms. The number of hydrogen-bond donors (Lipinski definition) is 2. The van der Waals surface area contributed by atoms with E-state index >= 15 is 0 Å². The van der Waals surface area contributed by atoms with Crippen molar-refractivity contribution in [1.29, 1.82) is 0 Å². The largest absolute Gasteiger partial charge is 0.465 e. The van der Waals surface area contributed by atoms with Crippen LogP contribution in [0.2, 0.25) is 0 Å². The van der Waals surface area contributed by atoms with Crippen LogP contribution in [0.3, 0.4) is 0 Å². The van der Waals surface area contributed by atoms with E-state index in [1.165, 1.54) is 0 Å². The van der Waals surface area contributed by atoms with Gasteiger partial charge in [-0.25, -0.2) is 4.79 Å². The predicted octanol–water partition coefficient (Wildman–Crippen LogP) is 3.51. The Morgan fingerprint density at radius 3 is 2.73 bits per heavy atom. The monoisotopic (exact) mass is 219 g/mol. The lowest BCUT2D eigenvalue weighted by molar-refractivity contribution is 0.210. The minimum atomic E-state index is -1.04. The maximum atomic E-state index is 10.6. The van der Waals surface area contributed by atoms with Crippen molar-refractivity contribution in [3.8, 4) is 11.1 Å². The lowest BCUT2D eigenvalue weighted by Crippen LogP contribution is -2.07. The third-order valence-corrected chi connectivity index (χ3v) is 2.68. The second kappa shape index (κ2) is 4.14. The normalized spacial score (nSPS) is 9.87. The summed E-state index contributed by atoms with van der Waals surface area (Å²) < 4.78 is 0. The molecule has 0 aliphatic heterocycles. The third-order valence-electron chi connectivity index (χ3n) is 2.00. The van der Waals surface area contributed by atoms with Gasteiger partial charge in [0.05, 0.1) is 5.69 Å². The molecule has 0 atom stereocenters. The molecule has 0 aliphatic carbocycles. The first-order chi connectivity index (χ1) is 7.27. The van der Waals surface area contributed by atoms with Crippen molar-refractivity contribution in [2.24, 2.45) is 0 Å². The standard InChI is InChI=1S/C11H9NO2S/c13-11(14)12-10-4-2-1-3-9(10)8-5-6-15-7-8/h1-7,12H,(H,13,14). The lowest BCUT2D eigenvalue weighted by Gasteiger charge is -2.06. The van der Waals surface area contributed by atoms with Crippen molar-refractivity contribution < 1.29 is 9.90 Å². The van der Waals surface area contributed by atoms with E-state index in [-0.39, 0.29) is 0 Å². The van der Waals surface area contributed by atoms with Crippen molar-refractivity contribution in [1.82, 2.24) is 0 Å². The smallest absolute Gasteiger partial charge is 0.409 e. The minimum Gasteiger partial charge on any atom is -0.465 e. The van der Waals surface area contributed by atoms with Crippen LogP contribution in [0.15, 0.2) is 41.1 Å². The summed E-state index contributed by atoms with van der Waals surface area (Å²) >= 11 is 1.59. The zero-order valence-corrected chi connectivity index (χ0v) is 8.62. The Balaban J connectivity index is 2.42. The fraction of sp³-hybridized carbons (Fsp3) is 0. The fourth-order valence-electron chi connectivity index (χ4n) is 1.38. The van der Waals surface area contributed by atoms with E-state index < -0.39 is 6.09 Å². The number of carbonyl (C=O) groups is 1. The highest BCUT2D eigenvalue weighted by atomic mass is 32.1. The van der Waals surface area contributed by atoms with Crippen molar-refractivity contribution in [2.45, 2.75) is 0 Å². The lowest BCUT2D eigenvalue weighted by atomic mass is 10.1. The average molecular weight is 219 g/mol. The molecule has 3 nitrogen and oxygen atoms in total. The van der Waals surface area contributed by atoms with Crippen molar-refractivity contribution in [3.63, 3.8) is 0 Å². The molecular formula is C11H9NO2S. The molecular weight excluding hydrogens is 210 g/mol. The number of nitrogens with one attached hydrogen (secondary N) is 1. The van der Waals surface area contributed by atoms with E-state index in [0.717, 1.165) is 11.1 Å². The summed E-state index contributed by atoms with van der Waals surface area (Å²) in [7, 11) is 0.